The summed E-state index contributed by atoms with van der Waals surface area (Å²) in [5, 5.41) is 17.7. The van der Waals surface area contributed by atoms with Gasteiger partial charge in [-0.3, -0.25) is 4.79 Å². The van der Waals surface area contributed by atoms with E-state index in [2.05, 4.69) is 0 Å². The summed E-state index contributed by atoms with van der Waals surface area (Å²) >= 11 is 0. The molecule has 0 aromatic carbocycles. The lowest BCUT2D eigenvalue weighted by atomic mass is 10.1. The molecule has 1 unspecified atom stereocenters. The van der Waals surface area contributed by atoms with Crippen LogP contribution in [-0.2, 0) is 4.79 Å². The first-order chi connectivity index (χ1) is 5.57. The number of aliphatic carboxylic acids is 1. The van der Waals surface area contributed by atoms with E-state index < -0.39 is 12.0 Å². The Kier molecular flexibility index (Phi) is 2.38. The number of carbonyl (C=O) groups is 1. The lowest BCUT2D eigenvalue weighted by Crippen LogP contribution is -2.33. The van der Waals surface area contributed by atoms with Gasteiger partial charge in [-0.15, -0.1) is 0 Å². The fraction of sp³-hybridized carbons (Fsp3) is 0.625. The minimum Gasteiger partial charge on any atom is -0.512 e. The molecule has 1 rings (SSSR count). The first kappa shape index (κ1) is 9.06. The first-order valence-corrected chi connectivity index (χ1v) is 3.91. The maximum absolute atomic E-state index is 10.4. The van der Waals surface area contributed by atoms with Gasteiger partial charge in [0.25, 0.3) is 0 Å². The van der Waals surface area contributed by atoms with E-state index in [1.165, 1.54) is 0 Å². The smallest absolute Gasteiger partial charge is 0.320 e. The number of carboxylic acid groups (broad SMARTS) is 1. The molecule has 0 saturated heterocycles. The zero-order chi connectivity index (χ0) is 9.30. The standard InChI is InChI=1S/C8H13NO3/c1-2-6(10)4-3-5(4)7(9)8(11)12/h2,4-5,7,10H,3,9H2,1H3,(H,11,12)/t4-,5+,7?/m1/s1. The third-order valence-corrected chi connectivity index (χ3v) is 2.26. The zero-order valence-electron chi connectivity index (χ0n) is 6.90. The van der Waals surface area contributed by atoms with Crippen LogP contribution in [0.1, 0.15) is 13.3 Å². The van der Waals surface area contributed by atoms with E-state index in [4.69, 9.17) is 10.8 Å². The van der Waals surface area contributed by atoms with E-state index in [0.29, 0.717) is 6.42 Å². The molecule has 0 radical (unpaired) electrons. The van der Waals surface area contributed by atoms with Crippen molar-refractivity contribution in [3.8, 4) is 0 Å². The minimum atomic E-state index is -0.994. The SMILES string of the molecule is CC=C(O)[C@@H]1C[C@@H]1C(N)C(=O)O. The van der Waals surface area contributed by atoms with E-state index in [9.17, 15) is 9.90 Å². The number of nitrogens with two attached hydrogens (primary N) is 1. The number of aliphatic hydroxyl groups excluding tert-OH is 1. The largest absolute Gasteiger partial charge is 0.512 e. The number of aliphatic hydroxyl groups is 1. The van der Waals surface area contributed by atoms with Gasteiger partial charge in [0, 0.05) is 5.92 Å². The maximum atomic E-state index is 10.4. The van der Waals surface area contributed by atoms with Crippen LogP contribution in [0, 0.1) is 11.8 Å². The highest BCUT2D eigenvalue weighted by molar-refractivity contribution is 5.74. The van der Waals surface area contributed by atoms with Crippen molar-refractivity contribution >= 4 is 5.97 Å². The molecule has 0 aromatic rings. The second-order valence-electron chi connectivity index (χ2n) is 3.08. The second-order valence-corrected chi connectivity index (χ2v) is 3.08. The Bertz CT molecular complexity index is 224. The van der Waals surface area contributed by atoms with Crippen LogP contribution in [0.2, 0.25) is 0 Å². The van der Waals surface area contributed by atoms with Gasteiger partial charge < -0.3 is 15.9 Å². The van der Waals surface area contributed by atoms with Gasteiger partial charge in [0.1, 0.15) is 6.04 Å². The molecule has 0 aliphatic heterocycles. The summed E-state index contributed by atoms with van der Waals surface area (Å²) in [5.74, 6) is -0.845. The van der Waals surface area contributed by atoms with Crippen molar-refractivity contribution < 1.29 is 15.0 Å². The van der Waals surface area contributed by atoms with Crippen molar-refractivity contribution in [1.29, 1.82) is 0 Å². The Morgan fingerprint density at radius 3 is 2.67 bits per heavy atom. The van der Waals surface area contributed by atoms with Crippen molar-refractivity contribution in [2.24, 2.45) is 17.6 Å². The summed E-state index contributed by atoms with van der Waals surface area (Å²) in [6.45, 7) is 1.72. The third kappa shape index (κ3) is 1.58. The molecular formula is C8H13NO3. The van der Waals surface area contributed by atoms with Crippen LogP contribution in [0.15, 0.2) is 11.8 Å². The maximum Gasteiger partial charge on any atom is 0.320 e. The van der Waals surface area contributed by atoms with Crippen molar-refractivity contribution in [1.82, 2.24) is 0 Å². The predicted octanol–water partition coefficient (Wildman–Crippen LogP) is 0.496. The van der Waals surface area contributed by atoms with Crippen LogP contribution in [0.3, 0.4) is 0 Å². The highest BCUT2D eigenvalue weighted by Crippen LogP contribution is 2.44. The number of allylic oxidation sites excluding steroid dienone is 2. The number of hydrogen-bond donors (Lipinski definition) is 3. The van der Waals surface area contributed by atoms with E-state index in [1.807, 2.05) is 0 Å². The molecule has 12 heavy (non-hydrogen) atoms. The van der Waals surface area contributed by atoms with Crippen molar-refractivity contribution in [3.63, 3.8) is 0 Å². The monoisotopic (exact) mass is 171 g/mol. The molecule has 1 fully saturated rings. The second kappa shape index (κ2) is 3.15. The van der Waals surface area contributed by atoms with E-state index in [-0.39, 0.29) is 17.6 Å². The Hall–Kier alpha value is -1.03. The number of hydrogen-bond acceptors (Lipinski definition) is 3. The summed E-state index contributed by atoms with van der Waals surface area (Å²) in [7, 11) is 0. The van der Waals surface area contributed by atoms with Crippen molar-refractivity contribution in [2.45, 2.75) is 19.4 Å². The summed E-state index contributed by atoms with van der Waals surface area (Å²) in [6, 6.07) is -0.836. The lowest BCUT2D eigenvalue weighted by molar-refractivity contribution is -0.139. The first-order valence-electron chi connectivity index (χ1n) is 3.91. The molecule has 4 nitrogen and oxygen atoms in total. The highest BCUT2D eigenvalue weighted by Gasteiger charge is 2.46. The summed E-state index contributed by atoms with van der Waals surface area (Å²) in [4.78, 5) is 10.4. The lowest BCUT2D eigenvalue weighted by Gasteiger charge is -2.03. The average molecular weight is 171 g/mol. The Balaban J connectivity index is 2.47. The molecule has 0 heterocycles. The molecule has 0 amide bonds. The molecule has 68 valence electrons. The van der Waals surface area contributed by atoms with Crippen LogP contribution in [0.5, 0.6) is 0 Å². The molecule has 1 saturated carbocycles. The molecule has 1 aliphatic carbocycles. The molecule has 0 spiro atoms. The van der Waals surface area contributed by atoms with Gasteiger partial charge in [-0.25, -0.2) is 0 Å². The molecule has 0 aromatic heterocycles. The van der Waals surface area contributed by atoms with Gasteiger partial charge in [0.05, 0.1) is 5.76 Å². The fourth-order valence-corrected chi connectivity index (χ4v) is 1.35. The molecule has 1 aliphatic rings. The molecular weight excluding hydrogens is 158 g/mol. The topological polar surface area (TPSA) is 83.5 Å². The van der Waals surface area contributed by atoms with Gasteiger partial charge in [0.15, 0.2) is 0 Å². The van der Waals surface area contributed by atoms with Crippen LogP contribution in [0.25, 0.3) is 0 Å². The van der Waals surface area contributed by atoms with Crippen LogP contribution < -0.4 is 5.73 Å². The van der Waals surface area contributed by atoms with Crippen LogP contribution in [0.4, 0.5) is 0 Å². The summed E-state index contributed by atoms with van der Waals surface area (Å²) in [5.41, 5.74) is 5.37. The van der Waals surface area contributed by atoms with E-state index >= 15 is 0 Å². The quantitative estimate of drug-likeness (QED) is 0.540. The van der Waals surface area contributed by atoms with Crippen molar-refractivity contribution in [2.75, 3.05) is 0 Å². The Morgan fingerprint density at radius 2 is 2.25 bits per heavy atom. The summed E-state index contributed by atoms with van der Waals surface area (Å²) < 4.78 is 0. The Labute approximate surface area is 70.7 Å². The fourth-order valence-electron chi connectivity index (χ4n) is 1.35. The van der Waals surface area contributed by atoms with Gasteiger partial charge >= 0.3 is 5.97 Å². The normalized spacial score (nSPS) is 31.3. The molecule has 0 bridgehead atoms. The van der Waals surface area contributed by atoms with Gasteiger partial charge in [-0.05, 0) is 25.3 Å². The highest BCUT2D eigenvalue weighted by atomic mass is 16.4. The van der Waals surface area contributed by atoms with E-state index in [1.54, 1.807) is 13.0 Å². The third-order valence-electron chi connectivity index (χ3n) is 2.26. The van der Waals surface area contributed by atoms with E-state index in [0.717, 1.165) is 0 Å². The van der Waals surface area contributed by atoms with Crippen LogP contribution >= 0.6 is 0 Å². The van der Waals surface area contributed by atoms with Gasteiger partial charge in [-0.2, -0.15) is 0 Å². The summed E-state index contributed by atoms with van der Waals surface area (Å²) in [6.07, 6.45) is 2.27. The van der Waals surface area contributed by atoms with Crippen molar-refractivity contribution in [3.05, 3.63) is 11.8 Å². The molecule has 4 N–H and O–H groups in total. The Morgan fingerprint density at radius 1 is 1.67 bits per heavy atom. The minimum absolute atomic E-state index is 0.0268. The zero-order valence-corrected chi connectivity index (χ0v) is 6.90. The van der Waals surface area contributed by atoms with Gasteiger partial charge in [0.2, 0.25) is 0 Å². The number of rotatable bonds is 3. The van der Waals surface area contributed by atoms with Gasteiger partial charge in [-0.1, -0.05) is 0 Å². The molecule has 4 heteroatoms. The number of carboxylic acids is 1. The van der Waals surface area contributed by atoms with Crippen LogP contribution in [-0.4, -0.2) is 22.2 Å². The average Bonchev–Trinajstić information content (AvgIpc) is 2.80. The predicted molar refractivity (Wildman–Crippen MR) is 43.6 cm³/mol. The molecule has 3 atom stereocenters.